The van der Waals surface area contributed by atoms with Crippen LogP contribution < -0.4 is 5.73 Å². The Bertz CT molecular complexity index is 547. The Morgan fingerprint density at radius 1 is 1.33 bits per heavy atom. The molecule has 3 heteroatoms. The van der Waals surface area contributed by atoms with Gasteiger partial charge in [0.1, 0.15) is 0 Å². The van der Waals surface area contributed by atoms with Crippen LogP contribution in [0.15, 0.2) is 24.3 Å². The van der Waals surface area contributed by atoms with Gasteiger partial charge in [0.05, 0.1) is 5.52 Å². The van der Waals surface area contributed by atoms with Gasteiger partial charge in [0, 0.05) is 16.6 Å². The molecule has 2 rings (SSSR count). The number of rotatable bonds is 1. The topological polar surface area (TPSA) is 56.0 Å². The van der Waals surface area contributed by atoms with Crippen molar-refractivity contribution in [2.75, 3.05) is 0 Å². The molecular weight excluding hydrogens is 188 g/mol. The molecule has 2 N–H and O–H groups in total. The average Bonchev–Trinajstić information content (AvgIpc) is 2.16. The maximum absolute atomic E-state index is 11.2. The summed E-state index contributed by atoms with van der Waals surface area (Å²) in [6.07, 6.45) is 0. The Labute approximate surface area is 87.9 Å². The van der Waals surface area contributed by atoms with Gasteiger partial charge >= 0.3 is 0 Å². The van der Waals surface area contributed by atoms with Crippen molar-refractivity contribution < 1.29 is 4.79 Å². The summed E-state index contributed by atoms with van der Waals surface area (Å²) in [6.45, 7) is 3.90. The molecule has 0 saturated heterocycles. The minimum Gasteiger partial charge on any atom is -0.366 e. The SMILES string of the molecule is Cc1cc(C)c2c(C(N)=O)cccc2n1. The highest BCUT2D eigenvalue weighted by molar-refractivity contribution is 6.06. The standard InChI is InChI=1S/C12H12N2O/c1-7-6-8(2)14-10-5-3-4-9(11(7)10)12(13)15/h3-6H,1-2H3,(H2,13,15). The Hall–Kier alpha value is -1.90. The monoisotopic (exact) mass is 200 g/mol. The van der Waals surface area contributed by atoms with Crippen LogP contribution in [-0.2, 0) is 0 Å². The summed E-state index contributed by atoms with van der Waals surface area (Å²) in [6, 6.07) is 7.37. The molecule has 0 atom stereocenters. The van der Waals surface area contributed by atoms with Gasteiger partial charge in [-0.3, -0.25) is 9.78 Å². The number of fused-ring (bicyclic) bond motifs is 1. The largest absolute Gasteiger partial charge is 0.366 e. The minimum atomic E-state index is -0.408. The molecule has 0 aliphatic carbocycles. The summed E-state index contributed by atoms with van der Waals surface area (Å²) in [7, 11) is 0. The van der Waals surface area contributed by atoms with Crippen molar-refractivity contribution in [3.05, 3.63) is 41.1 Å². The molecule has 3 nitrogen and oxygen atoms in total. The van der Waals surface area contributed by atoms with E-state index in [4.69, 9.17) is 5.73 Å². The highest BCUT2D eigenvalue weighted by Gasteiger charge is 2.09. The summed E-state index contributed by atoms with van der Waals surface area (Å²) in [5.41, 5.74) is 8.66. The molecule has 0 aliphatic rings. The van der Waals surface area contributed by atoms with E-state index in [1.807, 2.05) is 26.0 Å². The van der Waals surface area contributed by atoms with Crippen molar-refractivity contribution in [3.63, 3.8) is 0 Å². The molecule has 0 fully saturated rings. The van der Waals surface area contributed by atoms with Crippen LogP contribution in [0.3, 0.4) is 0 Å². The molecule has 1 aromatic carbocycles. The minimum absolute atomic E-state index is 0.408. The first-order valence-corrected chi connectivity index (χ1v) is 4.76. The molecule has 76 valence electrons. The van der Waals surface area contributed by atoms with E-state index in [0.717, 1.165) is 22.2 Å². The predicted molar refractivity (Wildman–Crippen MR) is 59.7 cm³/mol. The smallest absolute Gasteiger partial charge is 0.249 e. The molecule has 0 spiro atoms. The number of aryl methyl sites for hydroxylation is 2. The van der Waals surface area contributed by atoms with Gasteiger partial charge in [-0.1, -0.05) is 6.07 Å². The highest BCUT2D eigenvalue weighted by atomic mass is 16.1. The fourth-order valence-corrected chi connectivity index (χ4v) is 1.86. The maximum atomic E-state index is 11.2. The lowest BCUT2D eigenvalue weighted by molar-refractivity contribution is 0.100. The van der Waals surface area contributed by atoms with Crippen LogP contribution in [0.2, 0.25) is 0 Å². The Balaban J connectivity index is 2.91. The van der Waals surface area contributed by atoms with Crippen molar-refractivity contribution in [1.29, 1.82) is 0 Å². The van der Waals surface area contributed by atoms with Gasteiger partial charge in [0.15, 0.2) is 0 Å². The molecule has 2 aromatic rings. The van der Waals surface area contributed by atoms with Crippen molar-refractivity contribution in [3.8, 4) is 0 Å². The first kappa shape index (κ1) is 9.65. The molecule has 15 heavy (non-hydrogen) atoms. The van der Waals surface area contributed by atoms with Gasteiger partial charge in [0.2, 0.25) is 5.91 Å². The van der Waals surface area contributed by atoms with E-state index in [2.05, 4.69) is 4.98 Å². The summed E-state index contributed by atoms with van der Waals surface area (Å²) in [5, 5.41) is 0.857. The van der Waals surface area contributed by atoms with Gasteiger partial charge in [-0.2, -0.15) is 0 Å². The normalized spacial score (nSPS) is 10.5. The van der Waals surface area contributed by atoms with Crippen molar-refractivity contribution in [2.45, 2.75) is 13.8 Å². The van der Waals surface area contributed by atoms with Crippen LogP contribution in [-0.4, -0.2) is 10.9 Å². The van der Waals surface area contributed by atoms with E-state index in [0.29, 0.717) is 5.56 Å². The number of hydrogen-bond donors (Lipinski definition) is 1. The third kappa shape index (κ3) is 1.56. The van der Waals surface area contributed by atoms with Crippen molar-refractivity contribution in [2.24, 2.45) is 5.73 Å². The number of nitrogens with zero attached hydrogens (tertiary/aromatic N) is 1. The zero-order valence-electron chi connectivity index (χ0n) is 8.74. The summed E-state index contributed by atoms with van der Waals surface area (Å²) in [5.74, 6) is -0.408. The fourth-order valence-electron chi connectivity index (χ4n) is 1.86. The average molecular weight is 200 g/mol. The molecule has 0 bridgehead atoms. The molecule has 0 aliphatic heterocycles. The molecular formula is C12H12N2O. The van der Waals surface area contributed by atoms with Crippen molar-refractivity contribution >= 4 is 16.8 Å². The summed E-state index contributed by atoms with van der Waals surface area (Å²) < 4.78 is 0. The van der Waals surface area contributed by atoms with Gasteiger partial charge in [-0.05, 0) is 37.6 Å². The number of carbonyl (C=O) groups is 1. The maximum Gasteiger partial charge on any atom is 0.249 e. The van der Waals surface area contributed by atoms with Crippen LogP contribution in [0.4, 0.5) is 0 Å². The first-order valence-electron chi connectivity index (χ1n) is 4.76. The third-order valence-corrected chi connectivity index (χ3v) is 2.42. The van der Waals surface area contributed by atoms with E-state index in [1.165, 1.54) is 0 Å². The molecule has 1 heterocycles. The predicted octanol–water partition coefficient (Wildman–Crippen LogP) is 1.95. The zero-order chi connectivity index (χ0) is 11.0. The lowest BCUT2D eigenvalue weighted by Crippen LogP contribution is -2.12. The Kier molecular flexibility index (Phi) is 2.15. The molecule has 0 saturated carbocycles. The lowest BCUT2D eigenvalue weighted by Gasteiger charge is -2.06. The summed E-state index contributed by atoms with van der Waals surface area (Å²) in [4.78, 5) is 15.6. The van der Waals surface area contributed by atoms with Crippen LogP contribution in [0.1, 0.15) is 21.6 Å². The van der Waals surface area contributed by atoms with E-state index < -0.39 is 5.91 Å². The quantitative estimate of drug-likeness (QED) is 0.764. The number of primary amides is 1. The Morgan fingerprint density at radius 3 is 2.73 bits per heavy atom. The molecule has 0 unspecified atom stereocenters. The number of aromatic nitrogens is 1. The zero-order valence-corrected chi connectivity index (χ0v) is 8.74. The second kappa shape index (κ2) is 3.35. The van der Waals surface area contributed by atoms with Crippen LogP contribution in [0, 0.1) is 13.8 Å². The number of nitrogens with two attached hydrogens (primary N) is 1. The van der Waals surface area contributed by atoms with Gasteiger partial charge in [-0.25, -0.2) is 0 Å². The van der Waals surface area contributed by atoms with Gasteiger partial charge in [-0.15, -0.1) is 0 Å². The second-order valence-corrected chi connectivity index (χ2v) is 3.64. The lowest BCUT2D eigenvalue weighted by atomic mass is 10.0. The Morgan fingerprint density at radius 2 is 2.07 bits per heavy atom. The van der Waals surface area contributed by atoms with Gasteiger partial charge < -0.3 is 5.73 Å². The van der Waals surface area contributed by atoms with Gasteiger partial charge in [0.25, 0.3) is 0 Å². The van der Waals surface area contributed by atoms with E-state index in [-0.39, 0.29) is 0 Å². The van der Waals surface area contributed by atoms with E-state index in [9.17, 15) is 4.79 Å². The van der Waals surface area contributed by atoms with E-state index in [1.54, 1.807) is 12.1 Å². The first-order chi connectivity index (χ1) is 7.09. The van der Waals surface area contributed by atoms with Crippen molar-refractivity contribution in [1.82, 2.24) is 4.98 Å². The molecule has 1 aromatic heterocycles. The number of hydrogen-bond acceptors (Lipinski definition) is 2. The second-order valence-electron chi connectivity index (χ2n) is 3.64. The van der Waals surface area contributed by atoms with E-state index >= 15 is 0 Å². The fraction of sp³-hybridized carbons (Fsp3) is 0.167. The summed E-state index contributed by atoms with van der Waals surface area (Å²) >= 11 is 0. The van der Waals surface area contributed by atoms with Crippen LogP contribution in [0.5, 0.6) is 0 Å². The number of amides is 1. The highest BCUT2D eigenvalue weighted by Crippen LogP contribution is 2.21. The number of pyridine rings is 1. The number of carbonyl (C=O) groups excluding carboxylic acids is 1. The number of benzene rings is 1. The molecule has 0 radical (unpaired) electrons. The van der Waals surface area contributed by atoms with Crippen LogP contribution >= 0.6 is 0 Å². The molecule has 1 amide bonds. The van der Waals surface area contributed by atoms with Crippen LogP contribution in [0.25, 0.3) is 10.9 Å². The third-order valence-electron chi connectivity index (χ3n) is 2.42.